The van der Waals surface area contributed by atoms with Gasteiger partial charge in [0.25, 0.3) is 5.91 Å². The van der Waals surface area contributed by atoms with Gasteiger partial charge in [-0.1, -0.05) is 36.1 Å². The third-order valence-corrected chi connectivity index (χ3v) is 7.85. The van der Waals surface area contributed by atoms with Crippen molar-refractivity contribution >= 4 is 49.8 Å². The number of carbonyl (C=O) groups is 1. The van der Waals surface area contributed by atoms with Crippen LogP contribution in [-0.4, -0.2) is 42.6 Å². The van der Waals surface area contributed by atoms with E-state index in [1.54, 1.807) is 36.0 Å². The molecule has 0 radical (unpaired) electrons. The summed E-state index contributed by atoms with van der Waals surface area (Å²) in [6.45, 7) is 2.54. The largest absolute Gasteiger partial charge is 0.296 e. The number of hydrogen-bond donors (Lipinski definition) is 1. The predicted octanol–water partition coefficient (Wildman–Crippen LogP) is 3.22. The number of sulfonamides is 1. The van der Waals surface area contributed by atoms with Gasteiger partial charge < -0.3 is 0 Å². The SMILES string of the molecule is CCCSc1nnc(NC(=O)c2cccc(N3CCCCS3(=O)=O)c2)s1. The first-order valence-corrected chi connectivity index (χ1v) is 11.8. The molecule has 3 rings (SSSR count). The Balaban J connectivity index is 1.73. The average Bonchev–Trinajstić information content (AvgIpc) is 3.07. The van der Waals surface area contributed by atoms with Crippen LogP contribution in [0.1, 0.15) is 36.5 Å². The summed E-state index contributed by atoms with van der Waals surface area (Å²) in [5.74, 6) is 0.769. The molecule has 0 atom stereocenters. The first-order valence-electron chi connectivity index (χ1n) is 8.38. The lowest BCUT2D eigenvalue weighted by atomic mass is 10.2. The maximum atomic E-state index is 12.5. The summed E-state index contributed by atoms with van der Waals surface area (Å²) in [6, 6.07) is 6.66. The Morgan fingerprint density at radius 1 is 1.35 bits per heavy atom. The van der Waals surface area contributed by atoms with E-state index in [9.17, 15) is 13.2 Å². The van der Waals surface area contributed by atoms with Crippen molar-refractivity contribution in [1.82, 2.24) is 10.2 Å². The topological polar surface area (TPSA) is 92.3 Å². The summed E-state index contributed by atoms with van der Waals surface area (Å²) in [6.07, 6.45) is 2.53. The van der Waals surface area contributed by atoms with Gasteiger partial charge in [0, 0.05) is 17.9 Å². The summed E-state index contributed by atoms with van der Waals surface area (Å²) in [7, 11) is -3.30. The Morgan fingerprint density at radius 2 is 2.19 bits per heavy atom. The van der Waals surface area contributed by atoms with E-state index in [0.717, 1.165) is 22.9 Å². The highest BCUT2D eigenvalue weighted by Gasteiger charge is 2.26. The van der Waals surface area contributed by atoms with Crippen LogP contribution in [0.15, 0.2) is 28.6 Å². The molecule has 7 nitrogen and oxygen atoms in total. The lowest BCUT2D eigenvalue weighted by Crippen LogP contribution is -2.37. The van der Waals surface area contributed by atoms with E-state index in [1.165, 1.54) is 15.6 Å². The fourth-order valence-corrected chi connectivity index (χ4v) is 5.86. The summed E-state index contributed by atoms with van der Waals surface area (Å²) < 4.78 is 26.7. The lowest BCUT2D eigenvalue weighted by Gasteiger charge is -2.28. The van der Waals surface area contributed by atoms with Gasteiger partial charge in [-0.3, -0.25) is 14.4 Å². The van der Waals surface area contributed by atoms with Crippen molar-refractivity contribution in [3.05, 3.63) is 29.8 Å². The van der Waals surface area contributed by atoms with Crippen LogP contribution in [0.5, 0.6) is 0 Å². The van der Waals surface area contributed by atoms with Crippen LogP contribution in [0.4, 0.5) is 10.8 Å². The van der Waals surface area contributed by atoms with Crippen LogP contribution in [0, 0.1) is 0 Å². The quantitative estimate of drug-likeness (QED) is 0.578. The molecule has 1 fully saturated rings. The van der Waals surface area contributed by atoms with Crippen LogP contribution in [-0.2, 0) is 10.0 Å². The van der Waals surface area contributed by atoms with Gasteiger partial charge in [0.1, 0.15) is 0 Å². The van der Waals surface area contributed by atoms with E-state index in [0.29, 0.717) is 29.3 Å². The minimum Gasteiger partial charge on any atom is -0.296 e. The Bertz CT molecular complexity index is 882. The first kappa shape index (κ1) is 19.1. The van der Waals surface area contributed by atoms with E-state index in [-0.39, 0.29) is 11.7 Å². The molecule has 1 amide bonds. The van der Waals surface area contributed by atoms with Crippen LogP contribution < -0.4 is 9.62 Å². The van der Waals surface area contributed by atoms with E-state index >= 15 is 0 Å². The highest BCUT2D eigenvalue weighted by molar-refractivity contribution is 8.01. The van der Waals surface area contributed by atoms with E-state index in [2.05, 4.69) is 22.4 Å². The molecular formula is C16H20N4O3S3. The zero-order valence-electron chi connectivity index (χ0n) is 14.3. The summed E-state index contributed by atoms with van der Waals surface area (Å²) in [5, 5.41) is 11.2. The second-order valence-electron chi connectivity index (χ2n) is 5.82. The van der Waals surface area contributed by atoms with Gasteiger partial charge in [-0.25, -0.2) is 8.42 Å². The van der Waals surface area contributed by atoms with Crippen molar-refractivity contribution in [3.63, 3.8) is 0 Å². The smallest absolute Gasteiger partial charge is 0.257 e. The second-order valence-corrected chi connectivity index (χ2v) is 10.2. The number of anilines is 2. The zero-order chi connectivity index (χ0) is 18.6. The number of carbonyl (C=O) groups excluding carboxylic acids is 1. The molecule has 26 heavy (non-hydrogen) atoms. The molecule has 1 saturated heterocycles. The Morgan fingerprint density at radius 3 is 2.96 bits per heavy atom. The number of hydrogen-bond acceptors (Lipinski definition) is 7. The van der Waals surface area contributed by atoms with Crippen LogP contribution >= 0.6 is 23.1 Å². The van der Waals surface area contributed by atoms with Crippen LogP contribution in [0.2, 0.25) is 0 Å². The number of aromatic nitrogens is 2. The molecule has 1 aromatic heterocycles. The van der Waals surface area contributed by atoms with Gasteiger partial charge in [0.2, 0.25) is 15.2 Å². The lowest BCUT2D eigenvalue weighted by molar-refractivity contribution is 0.102. The Kier molecular flexibility index (Phi) is 6.15. The third-order valence-electron chi connectivity index (χ3n) is 3.80. The third kappa shape index (κ3) is 4.54. The van der Waals surface area contributed by atoms with Crippen molar-refractivity contribution in [3.8, 4) is 0 Å². The highest BCUT2D eigenvalue weighted by atomic mass is 32.2. The van der Waals surface area contributed by atoms with Gasteiger partial charge in [-0.2, -0.15) is 0 Å². The monoisotopic (exact) mass is 412 g/mol. The first-order chi connectivity index (χ1) is 12.5. The van der Waals surface area contributed by atoms with Crippen molar-refractivity contribution in [2.45, 2.75) is 30.5 Å². The average molecular weight is 413 g/mol. The number of nitrogens with one attached hydrogen (secondary N) is 1. The Labute approximate surface area is 161 Å². The van der Waals surface area contributed by atoms with Crippen molar-refractivity contribution in [1.29, 1.82) is 0 Å². The molecule has 1 aliphatic rings. The molecule has 2 aromatic rings. The molecule has 0 bridgehead atoms. The molecule has 2 heterocycles. The van der Waals surface area contributed by atoms with Gasteiger partial charge in [0.05, 0.1) is 11.4 Å². The van der Waals surface area contributed by atoms with E-state index in [1.807, 2.05) is 0 Å². The minimum atomic E-state index is -3.30. The zero-order valence-corrected chi connectivity index (χ0v) is 16.8. The van der Waals surface area contributed by atoms with E-state index in [4.69, 9.17) is 0 Å². The highest BCUT2D eigenvalue weighted by Crippen LogP contribution is 2.27. The molecule has 1 aromatic carbocycles. The molecule has 1 aliphatic heterocycles. The molecule has 10 heteroatoms. The maximum Gasteiger partial charge on any atom is 0.257 e. The Hall–Kier alpha value is -1.65. The van der Waals surface area contributed by atoms with Crippen LogP contribution in [0.3, 0.4) is 0 Å². The predicted molar refractivity (Wildman–Crippen MR) is 106 cm³/mol. The molecule has 0 aliphatic carbocycles. The van der Waals surface area contributed by atoms with Gasteiger partial charge in [-0.15, -0.1) is 10.2 Å². The molecular weight excluding hydrogens is 392 g/mol. The van der Waals surface area contributed by atoms with Crippen molar-refractivity contribution in [2.75, 3.05) is 27.7 Å². The normalized spacial score (nSPS) is 16.4. The molecule has 1 N–H and O–H groups in total. The van der Waals surface area contributed by atoms with Gasteiger partial charge >= 0.3 is 0 Å². The fraction of sp³-hybridized carbons (Fsp3) is 0.438. The van der Waals surface area contributed by atoms with Crippen molar-refractivity contribution < 1.29 is 13.2 Å². The number of thioether (sulfide) groups is 1. The van der Waals surface area contributed by atoms with Crippen LogP contribution in [0.25, 0.3) is 0 Å². The van der Waals surface area contributed by atoms with Gasteiger partial charge in [0.15, 0.2) is 4.34 Å². The fourth-order valence-electron chi connectivity index (χ4n) is 2.56. The summed E-state index contributed by atoms with van der Waals surface area (Å²) >= 11 is 2.94. The number of amides is 1. The van der Waals surface area contributed by atoms with Crippen molar-refractivity contribution in [2.24, 2.45) is 0 Å². The molecule has 0 unspecified atom stereocenters. The maximum absolute atomic E-state index is 12.5. The second kappa shape index (κ2) is 8.36. The molecule has 0 spiro atoms. The van der Waals surface area contributed by atoms with Gasteiger partial charge in [-0.05, 0) is 37.5 Å². The molecule has 0 saturated carbocycles. The number of benzene rings is 1. The summed E-state index contributed by atoms with van der Waals surface area (Å²) in [4.78, 5) is 12.5. The number of rotatable bonds is 6. The summed E-state index contributed by atoms with van der Waals surface area (Å²) in [5.41, 5.74) is 0.912. The standard InChI is InChI=1S/C16H20N4O3S3/c1-2-9-24-16-19-18-15(25-16)17-14(21)12-6-5-7-13(11-12)20-8-3-4-10-26(20,22)23/h5-7,11H,2-4,8-10H2,1H3,(H,17,18,21). The van der Waals surface area contributed by atoms with E-state index < -0.39 is 10.0 Å². The number of nitrogens with zero attached hydrogens (tertiary/aromatic N) is 3. The molecule has 140 valence electrons. The minimum absolute atomic E-state index is 0.145.